The lowest BCUT2D eigenvalue weighted by molar-refractivity contribution is -0.128. The van der Waals surface area contributed by atoms with Gasteiger partial charge in [0, 0.05) is 0 Å². The highest BCUT2D eigenvalue weighted by Gasteiger charge is 2.46. The Hall–Kier alpha value is -2.65. The maximum absolute atomic E-state index is 12.7. The quantitative estimate of drug-likeness (QED) is 0.894. The molecular formula is C19H18N2O3S. The van der Waals surface area contributed by atoms with Crippen LogP contribution >= 0.6 is 0 Å². The number of hydrogen-bond acceptors (Lipinski definition) is 4. The van der Waals surface area contributed by atoms with Crippen molar-refractivity contribution in [3.63, 3.8) is 0 Å². The average Bonchev–Trinajstić information content (AvgIpc) is 2.54. The summed E-state index contributed by atoms with van der Waals surface area (Å²) in [4.78, 5) is 12.7. The summed E-state index contributed by atoms with van der Waals surface area (Å²) in [6.07, 6.45) is 2.20. The lowest BCUT2D eigenvalue weighted by atomic mass is 9.64. The maximum Gasteiger partial charge on any atom is 0.244 e. The van der Waals surface area contributed by atoms with E-state index in [1.165, 1.54) is 0 Å². The topological polar surface area (TPSA) is 87.0 Å². The molecule has 128 valence electrons. The second-order valence-corrected chi connectivity index (χ2v) is 8.02. The first-order valence-corrected chi connectivity index (χ1v) is 9.70. The third-order valence-corrected chi connectivity index (χ3v) is 5.87. The number of benzene rings is 2. The third kappa shape index (κ3) is 3.57. The fraction of sp³-hybridized carbons (Fsp3) is 0.263. The monoisotopic (exact) mass is 354 g/mol. The van der Waals surface area contributed by atoms with E-state index in [-0.39, 0.29) is 5.75 Å². The van der Waals surface area contributed by atoms with Gasteiger partial charge in [-0.15, -0.1) is 0 Å². The molecule has 2 aromatic carbocycles. The van der Waals surface area contributed by atoms with E-state index in [1.807, 2.05) is 36.4 Å². The fourth-order valence-corrected chi connectivity index (χ4v) is 4.29. The third-order valence-electron chi connectivity index (χ3n) is 4.66. The SMILES string of the molecule is N#Cc1ccc(CS(=O)(=O)NC(=O)C2(c3ccccc3)CCC2)cc1. The van der Waals surface area contributed by atoms with Gasteiger partial charge >= 0.3 is 0 Å². The summed E-state index contributed by atoms with van der Waals surface area (Å²) in [7, 11) is -3.80. The van der Waals surface area contributed by atoms with Crippen LogP contribution in [-0.4, -0.2) is 14.3 Å². The number of carbonyl (C=O) groups is 1. The van der Waals surface area contributed by atoms with Crippen LogP contribution in [0.25, 0.3) is 0 Å². The number of nitrogens with zero attached hydrogens (tertiary/aromatic N) is 1. The van der Waals surface area contributed by atoms with Crippen LogP contribution < -0.4 is 4.72 Å². The van der Waals surface area contributed by atoms with Gasteiger partial charge in [0.05, 0.1) is 22.8 Å². The average molecular weight is 354 g/mol. The van der Waals surface area contributed by atoms with Gasteiger partial charge in [0.1, 0.15) is 0 Å². The summed E-state index contributed by atoms with van der Waals surface area (Å²) >= 11 is 0. The standard InChI is InChI=1S/C19H18N2O3S/c20-13-15-7-9-16(10-8-15)14-25(23,24)21-18(22)19(11-4-12-19)17-5-2-1-3-6-17/h1-3,5-10H,4,11-12,14H2,(H,21,22). The van der Waals surface area contributed by atoms with Gasteiger partial charge in [0.15, 0.2) is 0 Å². The second-order valence-electron chi connectivity index (χ2n) is 6.30. The van der Waals surface area contributed by atoms with Crippen LogP contribution in [0.5, 0.6) is 0 Å². The lowest BCUT2D eigenvalue weighted by Crippen LogP contribution is -2.51. The van der Waals surface area contributed by atoms with Gasteiger partial charge in [0.2, 0.25) is 15.9 Å². The summed E-state index contributed by atoms with van der Waals surface area (Å²) in [6.45, 7) is 0. The van der Waals surface area contributed by atoms with Crippen LogP contribution in [0.1, 0.15) is 36.0 Å². The Morgan fingerprint density at radius 1 is 1.08 bits per heavy atom. The van der Waals surface area contributed by atoms with Crippen LogP contribution in [0.2, 0.25) is 0 Å². The largest absolute Gasteiger partial charge is 0.273 e. The maximum atomic E-state index is 12.7. The molecule has 6 heteroatoms. The number of hydrogen-bond donors (Lipinski definition) is 1. The molecule has 1 saturated carbocycles. The number of amides is 1. The Morgan fingerprint density at radius 3 is 2.24 bits per heavy atom. The predicted octanol–water partition coefficient (Wildman–Crippen LogP) is 2.63. The molecule has 5 nitrogen and oxygen atoms in total. The fourth-order valence-electron chi connectivity index (χ4n) is 3.10. The molecule has 25 heavy (non-hydrogen) atoms. The second kappa shape index (κ2) is 6.69. The summed E-state index contributed by atoms with van der Waals surface area (Å²) in [5.41, 5.74) is 1.09. The van der Waals surface area contributed by atoms with Crippen LogP contribution in [0, 0.1) is 11.3 Å². The molecule has 1 aliphatic carbocycles. The molecule has 0 atom stereocenters. The Kier molecular flexibility index (Phi) is 4.60. The molecule has 1 N–H and O–H groups in total. The molecule has 0 aliphatic heterocycles. The van der Waals surface area contributed by atoms with Crippen molar-refractivity contribution in [1.29, 1.82) is 5.26 Å². The van der Waals surface area contributed by atoms with E-state index in [4.69, 9.17) is 5.26 Å². The number of nitriles is 1. The van der Waals surface area contributed by atoms with Gasteiger partial charge in [-0.05, 0) is 36.1 Å². The van der Waals surface area contributed by atoms with Crippen molar-refractivity contribution in [3.05, 3.63) is 71.3 Å². The minimum absolute atomic E-state index is 0.296. The molecule has 2 aromatic rings. The molecule has 0 spiro atoms. The van der Waals surface area contributed by atoms with Crippen LogP contribution in [-0.2, 0) is 26.0 Å². The van der Waals surface area contributed by atoms with Gasteiger partial charge in [-0.25, -0.2) is 8.42 Å². The molecule has 0 bridgehead atoms. The van der Waals surface area contributed by atoms with E-state index in [0.29, 0.717) is 24.0 Å². The first-order valence-electron chi connectivity index (χ1n) is 8.05. The zero-order chi connectivity index (χ0) is 17.9. The predicted molar refractivity (Wildman–Crippen MR) is 93.9 cm³/mol. The highest BCUT2D eigenvalue weighted by atomic mass is 32.2. The first-order chi connectivity index (χ1) is 12.0. The van der Waals surface area contributed by atoms with Crippen LogP contribution in [0.15, 0.2) is 54.6 Å². The first kappa shape index (κ1) is 17.2. The minimum atomic E-state index is -3.80. The van der Waals surface area contributed by atoms with Gasteiger partial charge in [-0.1, -0.05) is 48.9 Å². The number of carbonyl (C=O) groups excluding carboxylic acids is 1. The molecular weight excluding hydrogens is 336 g/mol. The van der Waals surface area contributed by atoms with E-state index in [9.17, 15) is 13.2 Å². The Bertz CT molecular complexity index is 909. The Labute approximate surface area is 147 Å². The van der Waals surface area contributed by atoms with Crippen molar-refractivity contribution < 1.29 is 13.2 Å². The van der Waals surface area contributed by atoms with Crippen molar-refractivity contribution in [2.24, 2.45) is 0 Å². The summed E-state index contributed by atoms with van der Waals surface area (Å²) in [5, 5.41) is 8.79. The van der Waals surface area contributed by atoms with Gasteiger partial charge < -0.3 is 0 Å². The minimum Gasteiger partial charge on any atom is -0.273 e. The molecule has 0 heterocycles. The van der Waals surface area contributed by atoms with E-state index in [0.717, 1.165) is 12.0 Å². The smallest absolute Gasteiger partial charge is 0.244 e. The zero-order valence-electron chi connectivity index (χ0n) is 13.6. The molecule has 0 aromatic heterocycles. The summed E-state index contributed by atoms with van der Waals surface area (Å²) in [6, 6.07) is 17.6. The number of nitrogens with one attached hydrogen (secondary N) is 1. The normalized spacial score (nSPS) is 15.6. The zero-order valence-corrected chi connectivity index (χ0v) is 14.4. The highest BCUT2D eigenvalue weighted by molar-refractivity contribution is 7.89. The number of sulfonamides is 1. The molecule has 1 fully saturated rings. The lowest BCUT2D eigenvalue weighted by Gasteiger charge is -2.40. The van der Waals surface area contributed by atoms with Crippen molar-refractivity contribution >= 4 is 15.9 Å². The number of rotatable bonds is 5. The van der Waals surface area contributed by atoms with Gasteiger partial charge in [-0.3, -0.25) is 9.52 Å². The molecule has 0 unspecified atom stereocenters. The Balaban J connectivity index is 1.75. The van der Waals surface area contributed by atoms with Crippen molar-refractivity contribution in [3.8, 4) is 6.07 Å². The van der Waals surface area contributed by atoms with Crippen LogP contribution in [0.3, 0.4) is 0 Å². The molecule has 3 rings (SSSR count). The van der Waals surface area contributed by atoms with Crippen molar-refractivity contribution in [2.45, 2.75) is 30.4 Å². The van der Waals surface area contributed by atoms with Gasteiger partial charge in [0.25, 0.3) is 0 Å². The van der Waals surface area contributed by atoms with E-state index >= 15 is 0 Å². The highest BCUT2D eigenvalue weighted by Crippen LogP contribution is 2.44. The van der Waals surface area contributed by atoms with E-state index in [2.05, 4.69) is 4.72 Å². The van der Waals surface area contributed by atoms with E-state index in [1.54, 1.807) is 24.3 Å². The van der Waals surface area contributed by atoms with Crippen molar-refractivity contribution in [2.75, 3.05) is 0 Å². The van der Waals surface area contributed by atoms with Crippen molar-refractivity contribution in [1.82, 2.24) is 4.72 Å². The summed E-state index contributed by atoms with van der Waals surface area (Å²) < 4.78 is 27.0. The summed E-state index contributed by atoms with van der Waals surface area (Å²) in [5.74, 6) is -0.756. The van der Waals surface area contributed by atoms with Crippen LogP contribution in [0.4, 0.5) is 0 Å². The van der Waals surface area contributed by atoms with E-state index < -0.39 is 21.3 Å². The molecule has 0 saturated heterocycles. The molecule has 0 radical (unpaired) electrons. The Morgan fingerprint density at radius 2 is 1.72 bits per heavy atom. The molecule has 1 aliphatic rings. The molecule has 1 amide bonds. The van der Waals surface area contributed by atoms with Gasteiger partial charge in [-0.2, -0.15) is 5.26 Å².